The van der Waals surface area contributed by atoms with Gasteiger partial charge in [-0.25, -0.2) is 0 Å². The van der Waals surface area contributed by atoms with E-state index in [1.807, 2.05) is 44.2 Å². The van der Waals surface area contributed by atoms with E-state index in [1.165, 1.54) is 12.8 Å². The van der Waals surface area contributed by atoms with E-state index < -0.39 is 42.0 Å². The Morgan fingerprint density at radius 3 is 2.22 bits per heavy atom. The lowest BCUT2D eigenvalue weighted by atomic mass is 9.82. The number of aliphatic hydroxyl groups excluding tert-OH is 2. The minimum absolute atomic E-state index is 0.00284. The largest absolute Gasteiger partial charge is 0.390 e. The molecule has 1 heterocycles. The highest BCUT2D eigenvalue weighted by molar-refractivity contribution is 5.91. The second kappa shape index (κ2) is 20.7. The molecule has 1 saturated heterocycles. The number of nitrogens with zero attached hydrogens (tertiary/aromatic N) is 2. The molecule has 3 unspecified atom stereocenters. The van der Waals surface area contributed by atoms with Crippen molar-refractivity contribution in [3.05, 3.63) is 35.9 Å². The maximum absolute atomic E-state index is 13.9. The molecular formula is C40H64N4O5. The molecule has 7 atom stereocenters. The van der Waals surface area contributed by atoms with E-state index in [0.717, 1.165) is 50.6 Å². The van der Waals surface area contributed by atoms with Gasteiger partial charge in [0.1, 0.15) is 12.1 Å². The molecule has 0 aromatic heterocycles. The number of hydrogen-bond donors (Lipinski definition) is 4. The molecule has 274 valence electrons. The van der Waals surface area contributed by atoms with E-state index in [9.17, 15) is 24.6 Å². The van der Waals surface area contributed by atoms with Crippen molar-refractivity contribution < 1.29 is 24.6 Å². The Balaban J connectivity index is 1.72. The Morgan fingerprint density at radius 2 is 1.61 bits per heavy atom. The average Bonchev–Trinajstić information content (AvgIpc) is 3.07. The molecule has 0 radical (unpaired) electrons. The summed E-state index contributed by atoms with van der Waals surface area (Å²) >= 11 is 0. The third kappa shape index (κ3) is 13.4. The summed E-state index contributed by atoms with van der Waals surface area (Å²) < 4.78 is 0. The highest BCUT2D eigenvalue weighted by Crippen LogP contribution is 2.29. The van der Waals surface area contributed by atoms with Gasteiger partial charge in [-0.15, -0.1) is 12.3 Å². The SMILES string of the molecule is C#CCC(NC(=O)[C@@H](CC(=O)N(C)CCN1C(C)CCCC1C)Cc1ccccc1)C(=O)N[C@@H](CC1CCCCC1)[C@@H](O)[C@@H](O)CC(C)C. The Morgan fingerprint density at radius 1 is 0.959 bits per heavy atom. The van der Waals surface area contributed by atoms with Crippen LogP contribution in [0.3, 0.4) is 0 Å². The summed E-state index contributed by atoms with van der Waals surface area (Å²) in [5.41, 5.74) is 0.918. The van der Waals surface area contributed by atoms with Crippen molar-refractivity contribution in [2.75, 3.05) is 20.1 Å². The highest BCUT2D eigenvalue weighted by atomic mass is 16.3. The molecular weight excluding hydrogens is 616 g/mol. The number of hydrogen-bond acceptors (Lipinski definition) is 6. The van der Waals surface area contributed by atoms with Crippen molar-refractivity contribution in [2.45, 2.75) is 148 Å². The molecule has 1 aliphatic heterocycles. The third-order valence-electron chi connectivity index (χ3n) is 10.7. The first kappa shape index (κ1) is 40.5. The molecule has 49 heavy (non-hydrogen) atoms. The summed E-state index contributed by atoms with van der Waals surface area (Å²) in [7, 11) is 1.79. The van der Waals surface area contributed by atoms with Crippen LogP contribution in [0.5, 0.6) is 0 Å². The minimum atomic E-state index is -1.15. The Hall–Kier alpha value is -2.93. The van der Waals surface area contributed by atoms with Crippen LogP contribution in [0.15, 0.2) is 30.3 Å². The molecule has 9 nitrogen and oxygen atoms in total. The first-order valence-electron chi connectivity index (χ1n) is 18.8. The number of carbonyl (C=O) groups is 3. The topological polar surface area (TPSA) is 122 Å². The summed E-state index contributed by atoms with van der Waals surface area (Å²) in [5, 5.41) is 27.9. The van der Waals surface area contributed by atoms with E-state index >= 15 is 0 Å². The normalized spacial score (nSPS) is 21.9. The fourth-order valence-corrected chi connectivity index (χ4v) is 7.68. The number of likely N-dealkylation sites (N-methyl/N-ethyl adjacent to an activating group) is 1. The van der Waals surface area contributed by atoms with Crippen molar-refractivity contribution in [1.82, 2.24) is 20.4 Å². The van der Waals surface area contributed by atoms with Crippen molar-refractivity contribution in [3.63, 3.8) is 0 Å². The average molecular weight is 681 g/mol. The first-order valence-corrected chi connectivity index (χ1v) is 18.8. The number of carbonyl (C=O) groups excluding carboxylic acids is 3. The second-order valence-electron chi connectivity index (χ2n) is 15.3. The van der Waals surface area contributed by atoms with Gasteiger partial charge in [0.2, 0.25) is 17.7 Å². The van der Waals surface area contributed by atoms with Crippen molar-refractivity contribution >= 4 is 17.7 Å². The number of benzene rings is 1. The van der Waals surface area contributed by atoms with E-state index in [0.29, 0.717) is 43.8 Å². The molecule has 3 amide bonds. The van der Waals surface area contributed by atoms with E-state index in [1.54, 1.807) is 11.9 Å². The monoisotopic (exact) mass is 680 g/mol. The molecule has 0 spiro atoms. The van der Waals surface area contributed by atoms with Crippen LogP contribution in [0.25, 0.3) is 0 Å². The zero-order chi connectivity index (χ0) is 35.9. The van der Waals surface area contributed by atoms with Crippen molar-refractivity contribution in [1.29, 1.82) is 0 Å². The second-order valence-corrected chi connectivity index (χ2v) is 15.3. The van der Waals surface area contributed by atoms with Crippen molar-refractivity contribution in [2.24, 2.45) is 17.8 Å². The molecule has 1 aromatic carbocycles. The van der Waals surface area contributed by atoms with Crippen molar-refractivity contribution in [3.8, 4) is 12.3 Å². The Bertz CT molecular complexity index is 1190. The van der Waals surface area contributed by atoms with E-state index in [4.69, 9.17) is 6.42 Å². The maximum Gasteiger partial charge on any atom is 0.243 e. The Labute approximate surface area is 296 Å². The fourth-order valence-electron chi connectivity index (χ4n) is 7.68. The van der Waals surface area contributed by atoms with Crippen LogP contribution in [-0.2, 0) is 20.8 Å². The predicted octanol–water partition coefficient (Wildman–Crippen LogP) is 4.69. The lowest BCUT2D eigenvalue weighted by Crippen LogP contribution is -2.56. The number of rotatable bonds is 18. The molecule has 4 N–H and O–H groups in total. The lowest BCUT2D eigenvalue weighted by Gasteiger charge is -2.39. The van der Waals surface area contributed by atoms with Gasteiger partial charge in [0, 0.05) is 45.1 Å². The minimum Gasteiger partial charge on any atom is -0.390 e. The maximum atomic E-state index is 13.9. The van der Waals surface area contributed by atoms with Gasteiger partial charge in [-0.1, -0.05) is 82.7 Å². The van der Waals surface area contributed by atoms with Gasteiger partial charge in [-0.3, -0.25) is 19.3 Å². The number of likely N-dealkylation sites (tertiary alicyclic amines) is 1. The number of amides is 3. The zero-order valence-electron chi connectivity index (χ0n) is 30.8. The summed E-state index contributed by atoms with van der Waals surface area (Å²) in [5.74, 6) is 1.28. The number of terminal acetylenes is 1. The molecule has 2 aliphatic rings. The highest BCUT2D eigenvalue weighted by Gasteiger charge is 2.34. The Kier molecular flexibility index (Phi) is 17.1. The third-order valence-corrected chi connectivity index (χ3v) is 10.7. The standard InChI is InChI=1S/C40H64N4O5/c1-7-15-34(40(49)42-35(26-32-20-12-9-13-21-32)38(47)36(45)24-28(2)3)41-39(48)33(25-31-18-10-8-11-19-31)27-37(46)43(6)22-23-44-29(4)16-14-17-30(44)5/h1,8,10-11,18-19,28-30,32-36,38,45,47H,9,12-17,20-27H2,2-6H3,(H,41,48)(H,42,49)/t29?,30?,33-,34?,35+,36+,38-/m1/s1. The molecule has 9 heteroatoms. The number of piperidine rings is 1. The van der Waals surface area contributed by atoms with E-state index in [2.05, 4.69) is 35.3 Å². The van der Waals surface area contributed by atoms with Crippen LogP contribution in [0, 0.1) is 30.1 Å². The van der Waals surface area contributed by atoms with Gasteiger partial charge in [0.15, 0.2) is 0 Å². The van der Waals surface area contributed by atoms with Crippen LogP contribution in [0.2, 0.25) is 0 Å². The van der Waals surface area contributed by atoms with Crippen LogP contribution in [0.4, 0.5) is 0 Å². The van der Waals surface area contributed by atoms with Gasteiger partial charge in [-0.05, 0) is 63.4 Å². The van der Waals surface area contributed by atoms with Gasteiger partial charge < -0.3 is 25.7 Å². The van der Waals surface area contributed by atoms with E-state index in [-0.39, 0.29) is 24.7 Å². The van der Waals surface area contributed by atoms with Crippen LogP contribution in [0.1, 0.15) is 110 Å². The summed E-state index contributed by atoms with van der Waals surface area (Å²) in [6, 6.07) is 8.80. The predicted molar refractivity (Wildman–Crippen MR) is 195 cm³/mol. The molecule has 0 bridgehead atoms. The zero-order valence-corrected chi connectivity index (χ0v) is 30.8. The summed E-state index contributed by atoms with van der Waals surface area (Å²) in [6.07, 6.45) is 13.8. The van der Waals surface area contributed by atoms with Crippen LogP contribution in [-0.4, -0.2) is 94.2 Å². The number of nitrogens with one attached hydrogen (secondary N) is 2. The van der Waals surface area contributed by atoms with Gasteiger partial charge in [0.25, 0.3) is 0 Å². The smallest absolute Gasteiger partial charge is 0.243 e. The molecule has 2 fully saturated rings. The quantitative estimate of drug-likeness (QED) is 0.167. The molecule has 1 aliphatic carbocycles. The fraction of sp³-hybridized carbons (Fsp3) is 0.725. The first-order chi connectivity index (χ1) is 23.4. The number of aliphatic hydroxyl groups is 2. The van der Waals surface area contributed by atoms with Crippen LogP contribution >= 0.6 is 0 Å². The van der Waals surface area contributed by atoms with Gasteiger partial charge in [0.05, 0.1) is 18.1 Å². The summed E-state index contributed by atoms with van der Waals surface area (Å²) in [4.78, 5) is 45.4. The molecule has 3 rings (SSSR count). The molecule has 1 saturated carbocycles. The van der Waals surface area contributed by atoms with Gasteiger partial charge >= 0.3 is 0 Å². The van der Waals surface area contributed by atoms with Crippen LogP contribution < -0.4 is 10.6 Å². The molecule has 1 aromatic rings. The summed E-state index contributed by atoms with van der Waals surface area (Å²) in [6.45, 7) is 9.80. The lowest BCUT2D eigenvalue weighted by molar-refractivity contribution is -0.137. The van der Waals surface area contributed by atoms with Gasteiger partial charge in [-0.2, -0.15) is 0 Å².